The van der Waals surface area contributed by atoms with Crippen LogP contribution in [0.1, 0.15) is 18.3 Å². The minimum Gasteiger partial charge on any atom is -0.497 e. The predicted octanol–water partition coefficient (Wildman–Crippen LogP) is 2.70. The summed E-state index contributed by atoms with van der Waals surface area (Å²) < 4.78 is 58.8. The highest BCUT2D eigenvalue weighted by atomic mass is 32.2. The molecule has 1 aromatic heterocycles. The Balaban J connectivity index is 1.76. The number of carbonyl (C=O) groups is 1. The molecule has 1 heterocycles. The second kappa shape index (κ2) is 10.5. The zero-order chi connectivity index (χ0) is 26.7. The second-order valence-corrected chi connectivity index (χ2v) is 11.6. The Hall–Kier alpha value is -3.71. The van der Waals surface area contributed by atoms with Crippen LogP contribution in [0.25, 0.3) is 0 Å². The quantitative estimate of drug-likeness (QED) is 0.427. The topological polar surface area (TPSA) is 148 Å². The number of sulfonamides is 2. The molecular formula is C23H27N5O6S2. The average Bonchev–Trinajstić information content (AvgIpc) is 2.78. The number of aryl methyl sites for hydroxylation is 2. The van der Waals surface area contributed by atoms with Crippen molar-refractivity contribution in [3.05, 3.63) is 66.0 Å². The molecule has 192 valence electrons. The van der Waals surface area contributed by atoms with Gasteiger partial charge in [-0.3, -0.25) is 9.10 Å². The third kappa shape index (κ3) is 6.49. The summed E-state index contributed by atoms with van der Waals surface area (Å²) in [5.74, 6) is -0.107. The predicted molar refractivity (Wildman–Crippen MR) is 137 cm³/mol. The van der Waals surface area contributed by atoms with Crippen LogP contribution in [0.2, 0.25) is 0 Å². The molecule has 0 fully saturated rings. The number of benzene rings is 2. The van der Waals surface area contributed by atoms with E-state index >= 15 is 0 Å². The van der Waals surface area contributed by atoms with Gasteiger partial charge in [0.25, 0.3) is 10.0 Å². The summed E-state index contributed by atoms with van der Waals surface area (Å²) in [5.41, 5.74) is 1.81. The highest BCUT2D eigenvalue weighted by Crippen LogP contribution is 2.25. The number of hydrogen-bond acceptors (Lipinski definition) is 8. The number of nitrogens with one attached hydrogen (secondary N) is 2. The fraction of sp³-hybridized carbons (Fsp3) is 0.261. The first-order valence-corrected chi connectivity index (χ1v) is 14.0. The summed E-state index contributed by atoms with van der Waals surface area (Å²) in [6.07, 6.45) is 1.01. The smallest absolute Gasteiger partial charge is 0.264 e. The van der Waals surface area contributed by atoms with Gasteiger partial charge in [0, 0.05) is 17.1 Å². The van der Waals surface area contributed by atoms with E-state index in [0.29, 0.717) is 22.8 Å². The summed E-state index contributed by atoms with van der Waals surface area (Å²) in [4.78, 5) is 21.0. The number of rotatable bonds is 9. The van der Waals surface area contributed by atoms with Crippen molar-refractivity contribution < 1.29 is 26.4 Å². The molecule has 0 aliphatic heterocycles. The van der Waals surface area contributed by atoms with Crippen LogP contribution < -0.4 is 19.1 Å². The largest absolute Gasteiger partial charge is 0.497 e. The van der Waals surface area contributed by atoms with Crippen LogP contribution in [0.3, 0.4) is 0 Å². The lowest BCUT2D eigenvalue weighted by Gasteiger charge is -2.28. The SMILES string of the molecule is COc1ccc(N([C@H](C)C(=O)Nc2ccc(S(=O)(=O)Nc3nc(C)cc(C)n3)cc2)S(C)(=O)=O)cc1. The Morgan fingerprint density at radius 3 is 2.00 bits per heavy atom. The van der Waals surface area contributed by atoms with E-state index in [-0.39, 0.29) is 16.5 Å². The Bertz CT molecular complexity index is 1440. The third-order valence-corrected chi connectivity index (χ3v) is 7.64. The van der Waals surface area contributed by atoms with Gasteiger partial charge in [0.2, 0.25) is 21.9 Å². The molecule has 3 aromatic rings. The molecule has 36 heavy (non-hydrogen) atoms. The Morgan fingerprint density at radius 1 is 0.944 bits per heavy atom. The van der Waals surface area contributed by atoms with E-state index in [1.54, 1.807) is 32.0 Å². The molecule has 2 N–H and O–H groups in total. The van der Waals surface area contributed by atoms with Gasteiger partial charge in [-0.1, -0.05) is 0 Å². The van der Waals surface area contributed by atoms with Crippen molar-refractivity contribution in [2.45, 2.75) is 31.7 Å². The lowest BCUT2D eigenvalue weighted by Crippen LogP contribution is -2.45. The van der Waals surface area contributed by atoms with Gasteiger partial charge in [-0.2, -0.15) is 0 Å². The van der Waals surface area contributed by atoms with E-state index in [2.05, 4.69) is 20.0 Å². The average molecular weight is 534 g/mol. The highest BCUT2D eigenvalue weighted by molar-refractivity contribution is 7.92. The van der Waals surface area contributed by atoms with Crippen molar-refractivity contribution in [2.75, 3.05) is 27.7 Å². The maximum Gasteiger partial charge on any atom is 0.264 e. The molecule has 13 heteroatoms. The van der Waals surface area contributed by atoms with E-state index in [1.807, 2.05) is 0 Å². The molecule has 11 nitrogen and oxygen atoms in total. The van der Waals surface area contributed by atoms with E-state index < -0.39 is 32.0 Å². The minimum absolute atomic E-state index is 0.0434. The number of ether oxygens (including phenoxy) is 1. The van der Waals surface area contributed by atoms with Gasteiger partial charge in [0.1, 0.15) is 11.8 Å². The zero-order valence-corrected chi connectivity index (χ0v) is 22.0. The monoisotopic (exact) mass is 533 g/mol. The van der Waals surface area contributed by atoms with Crippen molar-refractivity contribution in [1.29, 1.82) is 0 Å². The van der Waals surface area contributed by atoms with Crippen molar-refractivity contribution in [3.8, 4) is 5.75 Å². The fourth-order valence-electron chi connectivity index (χ4n) is 3.45. The summed E-state index contributed by atoms with van der Waals surface area (Å²) in [6, 6.07) is 12.3. The number of carbonyl (C=O) groups excluding carboxylic acids is 1. The maximum atomic E-state index is 12.9. The third-order valence-electron chi connectivity index (χ3n) is 5.06. The van der Waals surface area contributed by atoms with E-state index in [0.717, 1.165) is 10.6 Å². The number of methoxy groups -OCH3 is 1. The Kier molecular flexibility index (Phi) is 7.84. The van der Waals surface area contributed by atoms with Crippen molar-refractivity contribution in [1.82, 2.24) is 9.97 Å². The molecule has 0 aliphatic rings. The number of amides is 1. The molecule has 0 unspecified atom stereocenters. The van der Waals surface area contributed by atoms with Gasteiger partial charge in [0.05, 0.1) is 23.9 Å². The van der Waals surface area contributed by atoms with Gasteiger partial charge >= 0.3 is 0 Å². The molecule has 0 aliphatic carbocycles. The van der Waals surface area contributed by atoms with Gasteiger partial charge < -0.3 is 10.1 Å². The lowest BCUT2D eigenvalue weighted by molar-refractivity contribution is -0.116. The standard InChI is InChI=1S/C23H27N5O6S2/c1-15-14-16(2)25-23(24-15)27-36(32,33)21-12-6-18(7-13-21)26-22(29)17(3)28(35(5,30)31)19-8-10-20(34-4)11-9-19/h6-14,17H,1-5H3,(H,26,29)(H,24,25,27)/t17-/m1/s1. The number of hydrogen-bond donors (Lipinski definition) is 2. The van der Waals surface area contributed by atoms with Crippen LogP contribution >= 0.6 is 0 Å². The van der Waals surface area contributed by atoms with Gasteiger partial charge in [-0.15, -0.1) is 0 Å². The summed E-state index contributed by atoms with van der Waals surface area (Å²) in [5, 5.41) is 2.62. The fourth-order valence-corrected chi connectivity index (χ4v) is 5.57. The summed E-state index contributed by atoms with van der Waals surface area (Å²) in [6.45, 7) is 4.90. The van der Waals surface area contributed by atoms with Crippen LogP contribution in [0.15, 0.2) is 59.5 Å². The summed E-state index contributed by atoms with van der Waals surface area (Å²) >= 11 is 0. The summed E-state index contributed by atoms with van der Waals surface area (Å²) in [7, 11) is -6.28. The van der Waals surface area contributed by atoms with Crippen LogP contribution in [0.4, 0.5) is 17.3 Å². The molecule has 1 atom stereocenters. The number of aromatic nitrogens is 2. The highest BCUT2D eigenvalue weighted by Gasteiger charge is 2.29. The Morgan fingerprint density at radius 2 is 1.50 bits per heavy atom. The lowest BCUT2D eigenvalue weighted by atomic mass is 10.2. The molecule has 0 saturated heterocycles. The van der Waals surface area contributed by atoms with Gasteiger partial charge in [-0.25, -0.2) is 31.5 Å². The first-order valence-electron chi connectivity index (χ1n) is 10.7. The normalized spacial score (nSPS) is 12.5. The number of nitrogens with zero attached hydrogens (tertiary/aromatic N) is 3. The van der Waals surface area contributed by atoms with Crippen LogP contribution in [0.5, 0.6) is 5.75 Å². The van der Waals surface area contributed by atoms with Gasteiger partial charge in [0.15, 0.2) is 0 Å². The van der Waals surface area contributed by atoms with Crippen LogP contribution in [-0.2, 0) is 24.8 Å². The first-order chi connectivity index (χ1) is 16.8. The molecule has 1 amide bonds. The molecule has 0 saturated carbocycles. The van der Waals surface area contributed by atoms with Crippen LogP contribution in [0, 0.1) is 13.8 Å². The van der Waals surface area contributed by atoms with Crippen molar-refractivity contribution in [3.63, 3.8) is 0 Å². The second-order valence-electron chi connectivity index (χ2n) is 8.03. The molecule has 0 radical (unpaired) electrons. The van der Waals surface area contributed by atoms with Crippen molar-refractivity contribution >= 4 is 43.3 Å². The minimum atomic E-state index is -3.97. The van der Waals surface area contributed by atoms with Gasteiger partial charge in [-0.05, 0) is 75.4 Å². The molecule has 2 aromatic carbocycles. The van der Waals surface area contributed by atoms with E-state index in [9.17, 15) is 21.6 Å². The molecule has 0 bridgehead atoms. The van der Waals surface area contributed by atoms with Crippen LogP contribution in [-0.4, -0.2) is 52.1 Å². The Labute approximate surface area is 210 Å². The van der Waals surface area contributed by atoms with E-state index in [1.165, 1.54) is 50.4 Å². The van der Waals surface area contributed by atoms with Crippen molar-refractivity contribution in [2.24, 2.45) is 0 Å². The molecular weight excluding hydrogens is 506 g/mol. The number of anilines is 3. The molecule has 0 spiro atoms. The molecule has 3 rings (SSSR count). The van der Waals surface area contributed by atoms with E-state index in [4.69, 9.17) is 4.74 Å². The first kappa shape index (κ1) is 26.9. The zero-order valence-electron chi connectivity index (χ0n) is 20.4. The maximum absolute atomic E-state index is 12.9.